The van der Waals surface area contributed by atoms with Crippen molar-refractivity contribution in [3.63, 3.8) is 0 Å². The highest BCUT2D eigenvalue weighted by Gasteiger charge is 2.20. The highest BCUT2D eigenvalue weighted by Crippen LogP contribution is 2.27. The summed E-state index contributed by atoms with van der Waals surface area (Å²) in [7, 11) is 1.33. The van der Waals surface area contributed by atoms with Crippen LogP contribution in [0.2, 0.25) is 0 Å². The van der Waals surface area contributed by atoms with Crippen LogP contribution in [0.5, 0.6) is 0 Å². The Balaban J connectivity index is 1.92. The van der Waals surface area contributed by atoms with E-state index in [2.05, 4.69) is 20.3 Å². The Morgan fingerprint density at radius 2 is 2.17 bits per heavy atom. The first kappa shape index (κ1) is 16.3. The number of benzene rings is 1. The summed E-state index contributed by atoms with van der Waals surface area (Å²) in [6.07, 6.45) is 1.37. The van der Waals surface area contributed by atoms with Gasteiger partial charge in [0.25, 0.3) is 0 Å². The van der Waals surface area contributed by atoms with Crippen molar-refractivity contribution < 1.29 is 13.9 Å². The summed E-state index contributed by atoms with van der Waals surface area (Å²) in [5.74, 6) is -0.672. The Kier molecular flexibility index (Phi) is 4.70. The summed E-state index contributed by atoms with van der Waals surface area (Å²) in [4.78, 5) is 19.9. The first-order chi connectivity index (χ1) is 11.6. The van der Waals surface area contributed by atoms with E-state index >= 15 is 0 Å². The second kappa shape index (κ2) is 6.91. The normalized spacial score (nSPS) is 12.3. The molecule has 7 nitrogen and oxygen atoms in total. The number of methoxy groups -OCH3 is 1. The van der Waals surface area contributed by atoms with Gasteiger partial charge in [0.15, 0.2) is 11.2 Å². The van der Waals surface area contributed by atoms with Gasteiger partial charge in [-0.3, -0.25) is 4.79 Å². The van der Waals surface area contributed by atoms with Gasteiger partial charge >= 0.3 is 5.97 Å². The van der Waals surface area contributed by atoms with Gasteiger partial charge in [0.05, 0.1) is 13.7 Å². The molecule has 3 aromatic rings. The van der Waals surface area contributed by atoms with Crippen LogP contribution in [0.15, 0.2) is 35.6 Å². The van der Waals surface area contributed by atoms with Crippen molar-refractivity contribution in [1.82, 2.24) is 25.0 Å². The molecular formula is C15H14FN5O2S. The predicted octanol–water partition coefficient (Wildman–Crippen LogP) is 2.06. The molecule has 1 atom stereocenters. The monoisotopic (exact) mass is 347 g/mol. The van der Waals surface area contributed by atoms with E-state index in [1.165, 1.54) is 35.9 Å². The second-order valence-electron chi connectivity index (χ2n) is 4.97. The van der Waals surface area contributed by atoms with Crippen LogP contribution < -0.4 is 0 Å². The number of carbonyl (C=O) groups excluding carboxylic acids is 1. The summed E-state index contributed by atoms with van der Waals surface area (Å²) in [6, 6.07) is 6.46. The van der Waals surface area contributed by atoms with Crippen LogP contribution >= 0.6 is 11.8 Å². The van der Waals surface area contributed by atoms with Gasteiger partial charge in [-0.05, 0) is 13.0 Å². The zero-order chi connectivity index (χ0) is 17.1. The molecule has 9 heteroatoms. The van der Waals surface area contributed by atoms with Crippen molar-refractivity contribution in [1.29, 1.82) is 0 Å². The summed E-state index contributed by atoms with van der Waals surface area (Å²) < 4.78 is 20.0. The van der Waals surface area contributed by atoms with Gasteiger partial charge in [-0.1, -0.05) is 35.2 Å². The lowest BCUT2D eigenvalue weighted by molar-refractivity contribution is -0.139. The molecule has 0 aliphatic rings. The third-order valence-electron chi connectivity index (χ3n) is 3.37. The van der Waals surface area contributed by atoms with Crippen molar-refractivity contribution in [2.75, 3.05) is 7.11 Å². The lowest BCUT2D eigenvalue weighted by Crippen LogP contribution is -2.14. The third-order valence-corrected chi connectivity index (χ3v) is 4.43. The minimum Gasteiger partial charge on any atom is -0.468 e. The molecule has 0 radical (unpaired) electrons. The number of esters is 1. The van der Waals surface area contributed by atoms with E-state index in [-0.39, 0.29) is 18.3 Å². The standard InChI is InChI=1S/C15H14FN5O2S/c1-9(15(22)23-2)24-14-12-13(17-8-18-14)21(20-19-12)7-10-5-3-4-6-11(10)16/h3-6,8-9H,7H2,1-2H3/t9-/m0/s1. The fourth-order valence-corrected chi connectivity index (χ4v) is 3.01. The lowest BCUT2D eigenvalue weighted by atomic mass is 10.2. The van der Waals surface area contributed by atoms with Crippen LogP contribution in [0.25, 0.3) is 11.2 Å². The Morgan fingerprint density at radius 3 is 2.92 bits per heavy atom. The average Bonchev–Trinajstić information content (AvgIpc) is 3.00. The van der Waals surface area contributed by atoms with Crippen molar-refractivity contribution in [2.45, 2.75) is 23.7 Å². The van der Waals surface area contributed by atoms with Gasteiger partial charge in [-0.2, -0.15) is 0 Å². The van der Waals surface area contributed by atoms with Gasteiger partial charge in [-0.15, -0.1) is 5.10 Å². The topological polar surface area (TPSA) is 82.8 Å². The van der Waals surface area contributed by atoms with E-state index in [0.717, 1.165) is 0 Å². The Bertz CT molecular complexity index is 885. The molecule has 0 N–H and O–H groups in total. The van der Waals surface area contributed by atoms with Crippen LogP contribution in [0, 0.1) is 5.82 Å². The molecule has 0 saturated carbocycles. The highest BCUT2D eigenvalue weighted by atomic mass is 32.2. The van der Waals surface area contributed by atoms with E-state index in [1.54, 1.807) is 25.1 Å². The van der Waals surface area contributed by atoms with Crippen LogP contribution in [-0.2, 0) is 16.1 Å². The fourth-order valence-electron chi connectivity index (χ4n) is 2.13. The number of carbonyl (C=O) groups is 1. The summed E-state index contributed by atoms with van der Waals surface area (Å²) in [5, 5.41) is 8.19. The molecule has 0 unspecified atom stereocenters. The number of hydrogen-bond acceptors (Lipinski definition) is 7. The van der Waals surface area contributed by atoms with Gasteiger partial charge in [0.2, 0.25) is 0 Å². The highest BCUT2D eigenvalue weighted by molar-refractivity contribution is 8.00. The molecule has 3 rings (SSSR count). The molecule has 0 aliphatic heterocycles. The van der Waals surface area contributed by atoms with E-state index < -0.39 is 5.25 Å². The molecule has 0 saturated heterocycles. The number of fused-ring (bicyclic) bond motifs is 1. The van der Waals surface area contributed by atoms with Crippen LogP contribution in [0.1, 0.15) is 12.5 Å². The minimum atomic E-state index is -0.440. The van der Waals surface area contributed by atoms with Gasteiger partial charge in [0, 0.05) is 5.56 Å². The molecule has 124 valence electrons. The summed E-state index contributed by atoms with van der Waals surface area (Å²) >= 11 is 1.21. The SMILES string of the molecule is COC(=O)[C@H](C)Sc1ncnc2c1nnn2Cc1ccccc1F. The molecule has 24 heavy (non-hydrogen) atoms. The van der Waals surface area contributed by atoms with Crippen molar-refractivity contribution in [2.24, 2.45) is 0 Å². The third kappa shape index (κ3) is 3.21. The van der Waals surface area contributed by atoms with Crippen LogP contribution in [-0.4, -0.2) is 43.3 Å². The number of halogens is 1. The lowest BCUT2D eigenvalue weighted by Gasteiger charge is -2.08. The zero-order valence-electron chi connectivity index (χ0n) is 13.0. The number of thioether (sulfide) groups is 1. The first-order valence-electron chi connectivity index (χ1n) is 7.12. The maximum atomic E-state index is 13.8. The van der Waals surface area contributed by atoms with E-state index in [4.69, 9.17) is 4.74 Å². The van der Waals surface area contributed by atoms with E-state index in [9.17, 15) is 9.18 Å². The largest absolute Gasteiger partial charge is 0.468 e. The molecular weight excluding hydrogens is 333 g/mol. The number of hydrogen-bond donors (Lipinski definition) is 0. The molecule has 0 aliphatic carbocycles. The van der Waals surface area contributed by atoms with Crippen molar-refractivity contribution >= 4 is 28.9 Å². The average molecular weight is 347 g/mol. The smallest absolute Gasteiger partial charge is 0.318 e. The molecule has 1 aromatic carbocycles. The van der Waals surface area contributed by atoms with Gasteiger partial charge in [0.1, 0.15) is 22.4 Å². The number of aromatic nitrogens is 5. The van der Waals surface area contributed by atoms with Gasteiger partial charge in [-0.25, -0.2) is 19.0 Å². The Morgan fingerprint density at radius 1 is 1.38 bits per heavy atom. The predicted molar refractivity (Wildman–Crippen MR) is 86.0 cm³/mol. The van der Waals surface area contributed by atoms with Crippen LogP contribution in [0.4, 0.5) is 4.39 Å². The van der Waals surface area contributed by atoms with Crippen molar-refractivity contribution in [3.8, 4) is 0 Å². The van der Waals surface area contributed by atoms with Crippen molar-refractivity contribution in [3.05, 3.63) is 42.0 Å². The zero-order valence-corrected chi connectivity index (χ0v) is 13.8. The Hall–Kier alpha value is -2.55. The molecule has 0 spiro atoms. The Labute approximate surface area is 141 Å². The number of rotatable bonds is 5. The molecule has 2 heterocycles. The second-order valence-corrected chi connectivity index (χ2v) is 6.30. The summed E-state index contributed by atoms with van der Waals surface area (Å²) in [5.41, 5.74) is 1.43. The first-order valence-corrected chi connectivity index (χ1v) is 8.00. The van der Waals surface area contributed by atoms with Gasteiger partial charge < -0.3 is 4.74 Å². The maximum Gasteiger partial charge on any atom is 0.318 e. The van der Waals surface area contributed by atoms with E-state index in [0.29, 0.717) is 21.8 Å². The maximum absolute atomic E-state index is 13.8. The molecule has 0 fully saturated rings. The van der Waals surface area contributed by atoms with E-state index in [1.807, 2.05) is 0 Å². The molecule has 0 bridgehead atoms. The quantitative estimate of drug-likeness (QED) is 0.397. The minimum absolute atomic E-state index is 0.205. The number of nitrogens with zero attached hydrogens (tertiary/aromatic N) is 5. The summed E-state index contributed by atoms with van der Waals surface area (Å²) in [6.45, 7) is 1.92. The van der Waals surface area contributed by atoms with Crippen LogP contribution in [0.3, 0.4) is 0 Å². The molecule has 2 aromatic heterocycles. The fraction of sp³-hybridized carbons (Fsp3) is 0.267. The number of ether oxygens (including phenoxy) is 1. The molecule has 0 amide bonds.